The number of aromatic nitrogens is 3. The lowest BCUT2D eigenvalue weighted by molar-refractivity contribution is 0.410. The van der Waals surface area contributed by atoms with E-state index in [0.29, 0.717) is 29.9 Å². The number of ether oxygens (including phenoxy) is 1. The van der Waals surface area contributed by atoms with E-state index in [4.69, 9.17) is 9.26 Å². The molecule has 0 aliphatic heterocycles. The van der Waals surface area contributed by atoms with Gasteiger partial charge in [-0.05, 0) is 18.2 Å². The van der Waals surface area contributed by atoms with E-state index in [0.717, 1.165) is 32.9 Å². The van der Waals surface area contributed by atoms with E-state index < -0.39 is 0 Å². The molecule has 0 bridgehead atoms. The van der Waals surface area contributed by atoms with Crippen LogP contribution in [0, 0.1) is 0 Å². The molecule has 0 aliphatic carbocycles. The minimum absolute atomic E-state index is 0.527. The van der Waals surface area contributed by atoms with Crippen LogP contribution >= 0.6 is 15.9 Å². The number of nitrogens with one attached hydrogen (secondary N) is 1. The Morgan fingerprint density at radius 3 is 2.68 bits per heavy atom. The van der Waals surface area contributed by atoms with Gasteiger partial charge in [0.15, 0.2) is 5.82 Å². The molecule has 0 fully saturated rings. The number of benzene rings is 2. The maximum absolute atomic E-state index is 5.62. The number of methoxy groups -OCH3 is 1. The molecule has 4 rings (SSSR count). The summed E-state index contributed by atoms with van der Waals surface area (Å²) in [5, 5.41) is 7.61. The highest BCUT2D eigenvalue weighted by atomic mass is 79.9. The summed E-state index contributed by atoms with van der Waals surface area (Å²) in [6.45, 7) is 2.55. The Bertz CT molecular complexity index is 1110. The normalized spacial score (nSPS) is 11.0. The second-order valence-electron chi connectivity index (χ2n) is 6.23. The second-order valence-corrected chi connectivity index (χ2v) is 7.14. The molecule has 0 spiro atoms. The Labute approximate surface area is 171 Å². The summed E-state index contributed by atoms with van der Waals surface area (Å²) in [6.07, 6.45) is 0.713. The zero-order chi connectivity index (χ0) is 19.5. The van der Waals surface area contributed by atoms with E-state index in [-0.39, 0.29) is 0 Å². The second kappa shape index (κ2) is 7.98. The molecule has 142 valence electrons. The van der Waals surface area contributed by atoms with Crippen LogP contribution in [0.15, 0.2) is 57.5 Å². The van der Waals surface area contributed by atoms with Crippen molar-refractivity contribution in [1.82, 2.24) is 15.1 Å². The van der Waals surface area contributed by atoms with Crippen molar-refractivity contribution < 1.29 is 9.26 Å². The van der Waals surface area contributed by atoms with Crippen LogP contribution in [-0.2, 0) is 13.0 Å². The summed E-state index contributed by atoms with van der Waals surface area (Å²) in [4.78, 5) is 9.26. The molecule has 0 atom stereocenters. The number of aryl methyl sites for hydroxylation is 1. The third-order valence-electron chi connectivity index (χ3n) is 4.42. The third-order valence-corrected chi connectivity index (χ3v) is 4.91. The summed E-state index contributed by atoms with van der Waals surface area (Å²) >= 11 is 3.51. The van der Waals surface area contributed by atoms with Crippen molar-refractivity contribution >= 4 is 32.8 Å². The molecule has 0 aliphatic rings. The minimum Gasteiger partial charge on any atom is -0.496 e. The quantitative estimate of drug-likeness (QED) is 0.444. The van der Waals surface area contributed by atoms with Crippen molar-refractivity contribution in [1.29, 1.82) is 0 Å². The predicted molar refractivity (Wildman–Crippen MR) is 112 cm³/mol. The van der Waals surface area contributed by atoms with Gasteiger partial charge in [-0.15, -0.1) is 0 Å². The fourth-order valence-corrected chi connectivity index (χ4v) is 3.41. The fraction of sp³-hybridized carbons (Fsp3) is 0.190. The first-order valence-corrected chi connectivity index (χ1v) is 9.77. The summed E-state index contributed by atoms with van der Waals surface area (Å²) < 4.78 is 12.1. The molecule has 6 nitrogen and oxygen atoms in total. The van der Waals surface area contributed by atoms with Crippen LogP contribution in [0.5, 0.6) is 5.75 Å². The largest absolute Gasteiger partial charge is 0.496 e. The van der Waals surface area contributed by atoms with Crippen LogP contribution in [0.2, 0.25) is 0 Å². The first kappa shape index (κ1) is 18.4. The van der Waals surface area contributed by atoms with Gasteiger partial charge in [-0.3, -0.25) is 0 Å². The molecule has 2 aromatic carbocycles. The van der Waals surface area contributed by atoms with Crippen molar-refractivity contribution in [3.63, 3.8) is 0 Å². The molecule has 7 heteroatoms. The molecule has 4 aromatic rings. The van der Waals surface area contributed by atoms with E-state index in [9.17, 15) is 0 Å². The topological polar surface area (TPSA) is 73.1 Å². The summed E-state index contributed by atoms with van der Waals surface area (Å²) in [7, 11) is 1.66. The van der Waals surface area contributed by atoms with E-state index in [1.165, 1.54) is 0 Å². The van der Waals surface area contributed by atoms with Crippen LogP contribution in [0.1, 0.15) is 18.3 Å². The molecular formula is C21H19BrN4O2. The average Bonchev–Trinajstić information content (AvgIpc) is 3.16. The molecule has 0 saturated carbocycles. The molecule has 2 aromatic heterocycles. The monoisotopic (exact) mass is 438 g/mol. The zero-order valence-corrected chi connectivity index (χ0v) is 17.2. The molecule has 2 heterocycles. The van der Waals surface area contributed by atoms with Gasteiger partial charge >= 0.3 is 0 Å². The first-order chi connectivity index (χ1) is 13.7. The number of nitrogens with zero attached hydrogens (tertiary/aromatic N) is 3. The SMILES string of the molecule is CCc1nc(NCc2cc(Br)ccc2OC)c2onc(-c3ccccc3)c2n1. The Morgan fingerprint density at radius 1 is 1.11 bits per heavy atom. The third kappa shape index (κ3) is 3.57. The van der Waals surface area contributed by atoms with E-state index in [1.54, 1.807) is 7.11 Å². The van der Waals surface area contributed by atoms with Gasteiger partial charge in [-0.1, -0.05) is 58.3 Å². The summed E-state index contributed by atoms with van der Waals surface area (Å²) in [5.41, 5.74) is 3.94. The van der Waals surface area contributed by atoms with Crippen LogP contribution in [-0.4, -0.2) is 22.2 Å². The summed E-state index contributed by atoms with van der Waals surface area (Å²) in [5.74, 6) is 2.16. The highest BCUT2D eigenvalue weighted by Crippen LogP contribution is 2.31. The number of hydrogen-bond acceptors (Lipinski definition) is 6. The number of rotatable bonds is 6. The van der Waals surface area contributed by atoms with Gasteiger partial charge in [0.1, 0.15) is 22.8 Å². The Hall–Kier alpha value is -2.93. The number of fused-ring (bicyclic) bond motifs is 1. The van der Waals surface area contributed by atoms with Crippen LogP contribution < -0.4 is 10.1 Å². The van der Waals surface area contributed by atoms with Gasteiger partial charge in [-0.25, -0.2) is 9.97 Å². The van der Waals surface area contributed by atoms with E-state index in [1.807, 2.05) is 55.5 Å². The van der Waals surface area contributed by atoms with Gasteiger partial charge in [0.05, 0.1) is 7.11 Å². The predicted octanol–water partition coefficient (Wildman–Crippen LogP) is 5.23. The van der Waals surface area contributed by atoms with Crippen molar-refractivity contribution in [3.8, 4) is 17.0 Å². The maximum atomic E-state index is 5.62. The van der Waals surface area contributed by atoms with Gasteiger partial charge in [0.2, 0.25) is 5.58 Å². The molecule has 0 amide bonds. The summed E-state index contributed by atoms with van der Waals surface area (Å²) in [6, 6.07) is 15.8. The number of halogens is 1. The standard InChI is InChI=1S/C21H19BrN4O2/c1-3-17-24-19-18(13-7-5-4-6-8-13)26-28-20(19)21(25-17)23-12-14-11-15(22)9-10-16(14)27-2/h4-11H,3,12H2,1-2H3,(H,23,24,25). The lowest BCUT2D eigenvalue weighted by atomic mass is 10.1. The van der Waals surface area contributed by atoms with Crippen LogP contribution in [0.4, 0.5) is 5.82 Å². The van der Waals surface area contributed by atoms with Gasteiger partial charge < -0.3 is 14.6 Å². The van der Waals surface area contributed by atoms with Crippen LogP contribution in [0.25, 0.3) is 22.4 Å². The highest BCUT2D eigenvalue weighted by molar-refractivity contribution is 9.10. The van der Waals surface area contributed by atoms with Gasteiger partial charge in [0.25, 0.3) is 0 Å². The molecular weight excluding hydrogens is 420 g/mol. The fourth-order valence-electron chi connectivity index (χ4n) is 3.01. The molecule has 28 heavy (non-hydrogen) atoms. The van der Waals surface area contributed by atoms with Gasteiger partial charge in [-0.2, -0.15) is 0 Å². The van der Waals surface area contributed by atoms with E-state index in [2.05, 4.69) is 36.4 Å². The maximum Gasteiger partial charge on any atom is 0.228 e. The van der Waals surface area contributed by atoms with Crippen molar-refractivity contribution in [2.45, 2.75) is 19.9 Å². The number of anilines is 1. The Balaban J connectivity index is 1.73. The highest BCUT2D eigenvalue weighted by Gasteiger charge is 2.18. The van der Waals surface area contributed by atoms with Gasteiger partial charge in [0, 0.05) is 28.6 Å². The molecule has 0 radical (unpaired) electrons. The molecule has 1 N–H and O–H groups in total. The average molecular weight is 439 g/mol. The smallest absolute Gasteiger partial charge is 0.228 e. The van der Waals surface area contributed by atoms with E-state index >= 15 is 0 Å². The van der Waals surface area contributed by atoms with Crippen LogP contribution in [0.3, 0.4) is 0 Å². The van der Waals surface area contributed by atoms with Crippen molar-refractivity contribution in [2.75, 3.05) is 12.4 Å². The van der Waals surface area contributed by atoms with Crippen molar-refractivity contribution in [2.24, 2.45) is 0 Å². The van der Waals surface area contributed by atoms with Crippen molar-refractivity contribution in [3.05, 3.63) is 64.4 Å². The zero-order valence-electron chi connectivity index (χ0n) is 15.6. The minimum atomic E-state index is 0.527. The molecule has 0 saturated heterocycles. The lowest BCUT2D eigenvalue weighted by Crippen LogP contribution is -2.06. The Kier molecular flexibility index (Phi) is 5.25. The number of hydrogen-bond donors (Lipinski definition) is 1. The first-order valence-electron chi connectivity index (χ1n) is 8.97. The molecule has 0 unspecified atom stereocenters. The lowest BCUT2D eigenvalue weighted by Gasteiger charge is -2.11. The Morgan fingerprint density at radius 2 is 1.93 bits per heavy atom.